The van der Waals surface area contributed by atoms with Crippen LogP contribution in [0.25, 0.3) is 0 Å². The lowest BCUT2D eigenvalue weighted by Crippen LogP contribution is -2.38. The summed E-state index contributed by atoms with van der Waals surface area (Å²) in [5.74, 6) is 0.792. The van der Waals surface area contributed by atoms with Gasteiger partial charge in [-0.05, 0) is 80.1 Å². The molecule has 4 aromatic rings. The van der Waals surface area contributed by atoms with Crippen molar-refractivity contribution in [3.05, 3.63) is 114 Å². The lowest BCUT2D eigenvalue weighted by Gasteiger charge is -2.24. The maximum Gasteiger partial charge on any atom is 0.264 e. The minimum absolute atomic E-state index is 0.102. The molecule has 0 aliphatic carbocycles. The van der Waals surface area contributed by atoms with Gasteiger partial charge >= 0.3 is 0 Å². The van der Waals surface area contributed by atoms with Gasteiger partial charge in [0.2, 0.25) is 5.91 Å². The van der Waals surface area contributed by atoms with E-state index >= 15 is 0 Å². The van der Waals surface area contributed by atoms with Crippen LogP contribution in [0.1, 0.15) is 18.1 Å². The van der Waals surface area contributed by atoms with Crippen LogP contribution in [-0.2, 0) is 21.4 Å². The molecule has 4 aromatic carbocycles. The summed E-state index contributed by atoms with van der Waals surface area (Å²) < 4.78 is 39.5. The zero-order valence-corrected chi connectivity index (χ0v) is 22.1. The number of hydrogen-bond donors (Lipinski definition) is 1. The Morgan fingerprint density at radius 2 is 1.39 bits per heavy atom. The SMILES string of the molecule is CCOc1ccc(N(CC(=O)Nc2ccc(OCc3ccccc3)cc2)S(=O)(=O)c2ccc(C)cc2)cc1. The van der Waals surface area contributed by atoms with Crippen molar-refractivity contribution >= 4 is 27.3 Å². The second-order valence-electron chi connectivity index (χ2n) is 8.60. The van der Waals surface area contributed by atoms with E-state index in [1.807, 2.05) is 44.2 Å². The van der Waals surface area contributed by atoms with E-state index in [2.05, 4.69) is 5.32 Å². The Labute approximate surface area is 223 Å². The van der Waals surface area contributed by atoms with E-state index in [4.69, 9.17) is 9.47 Å². The molecule has 0 unspecified atom stereocenters. The molecule has 0 saturated heterocycles. The smallest absolute Gasteiger partial charge is 0.264 e. The molecule has 8 heteroatoms. The molecule has 0 aliphatic heterocycles. The van der Waals surface area contributed by atoms with Crippen LogP contribution in [0.2, 0.25) is 0 Å². The second kappa shape index (κ2) is 12.3. The molecule has 7 nitrogen and oxygen atoms in total. The molecule has 0 spiro atoms. The lowest BCUT2D eigenvalue weighted by molar-refractivity contribution is -0.114. The molecule has 0 aromatic heterocycles. The molecule has 0 atom stereocenters. The fourth-order valence-electron chi connectivity index (χ4n) is 3.73. The molecule has 0 aliphatic rings. The van der Waals surface area contributed by atoms with Crippen LogP contribution < -0.4 is 19.1 Å². The fourth-order valence-corrected chi connectivity index (χ4v) is 5.16. The zero-order chi connectivity index (χ0) is 27.0. The number of nitrogens with one attached hydrogen (secondary N) is 1. The van der Waals surface area contributed by atoms with E-state index in [9.17, 15) is 13.2 Å². The Bertz CT molecular complexity index is 1440. The first-order valence-corrected chi connectivity index (χ1v) is 13.7. The number of rotatable bonds is 11. The monoisotopic (exact) mass is 530 g/mol. The summed E-state index contributed by atoms with van der Waals surface area (Å²) in [4.78, 5) is 13.1. The number of ether oxygens (including phenoxy) is 2. The topological polar surface area (TPSA) is 84.9 Å². The average molecular weight is 531 g/mol. The van der Waals surface area contributed by atoms with Crippen molar-refractivity contribution in [1.29, 1.82) is 0 Å². The fraction of sp³-hybridized carbons (Fsp3) is 0.167. The van der Waals surface area contributed by atoms with Crippen LogP contribution >= 0.6 is 0 Å². The number of sulfonamides is 1. The molecule has 0 radical (unpaired) electrons. The first kappa shape index (κ1) is 26.8. The van der Waals surface area contributed by atoms with Crippen molar-refractivity contribution in [2.75, 3.05) is 22.8 Å². The van der Waals surface area contributed by atoms with E-state index in [0.717, 1.165) is 15.4 Å². The summed E-state index contributed by atoms with van der Waals surface area (Å²) in [6, 6.07) is 29.9. The first-order chi connectivity index (χ1) is 18.3. The maximum atomic E-state index is 13.6. The van der Waals surface area contributed by atoms with Gasteiger partial charge < -0.3 is 14.8 Å². The summed E-state index contributed by atoms with van der Waals surface area (Å²) in [7, 11) is -4.01. The third-order valence-corrected chi connectivity index (χ3v) is 7.51. The molecule has 0 saturated carbocycles. The summed E-state index contributed by atoms with van der Waals surface area (Å²) in [5, 5.41) is 2.78. The predicted molar refractivity (Wildman–Crippen MR) is 149 cm³/mol. The Morgan fingerprint density at radius 3 is 2.03 bits per heavy atom. The van der Waals surface area contributed by atoms with Crippen LogP contribution in [0.4, 0.5) is 11.4 Å². The molecule has 0 bridgehead atoms. The zero-order valence-electron chi connectivity index (χ0n) is 21.3. The number of benzene rings is 4. The molecular formula is C30H30N2O5S. The van der Waals surface area contributed by atoms with Crippen LogP contribution in [0, 0.1) is 6.92 Å². The summed E-state index contributed by atoms with van der Waals surface area (Å²) in [6.07, 6.45) is 0. The number of aryl methyl sites for hydroxylation is 1. The molecule has 38 heavy (non-hydrogen) atoms. The Hall–Kier alpha value is -4.30. The molecule has 4 rings (SSSR count). The third-order valence-electron chi connectivity index (χ3n) is 5.72. The Balaban J connectivity index is 1.49. The van der Waals surface area contributed by atoms with E-state index in [-0.39, 0.29) is 4.90 Å². The van der Waals surface area contributed by atoms with Gasteiger partial charge in [0.25, 0.3) is 10.0 Å². The van der Waals surface area contributed by atoms with Crippen molar-refractivity contribution < 1.29 is 22.7 Å². The predicted octanol–water partition coefficient (Wildman–Crippen LogP) is 5.81. The van der Waals surface area contributed by atoms with E-state index < -0.39 is 22.5 Å². The number of amides is 1. The van der Waals surface area contributed by atoms with Gasteiger partial charge in [-0.1, -0.05) is 48.0 Å². The highest BCUT2D eigenvalue weighted by Crippen LogP contribution is 2.26. The van der Waals surface area contributed by atoms with Crippen LogP contribution in [0.15, 0.2) is 108 Å². The van der Waals surface area contributed by atoms with Crippen molar-refractivity contribution in [2.24, 2.45) is 0 Å². The lowest BCUT2D eigenvalue weighted by atomic mass is 10.2. The normalized spacial score (nSPS) is 11.0. The molecule has 196 valence electrons. The summed E-state index contributed by atoms with van der Waals surface area (Å²) in [5.41, 5.74) is 2.87. The van der Waals surface area contributed by atoms with E-state index in [0.29, 0.717) is 36.1 Å². The Kier molecular flexibility index (Phi) is 8.66. The van der Waals surface area contributed by atoms with Gasteiger partial charge in [0.15, 0.2) is 0 Å². The van der Waals surface area contributed by atoms with Gasteiger partial charge in [0.1, 0.15) is 24.7 Å². The number of anilines is 2. The Morgan fingerprint density at radius 1 is 0.789 bits per heavy atom. The van der Waals surface area contributed by atoms with E-state index in [1.54, 1.807) is 60.7 Å². The molecular weight excluding hydrogens is 500 g/mol. The van der Waals surface area contributed by atoms with Crippen LogP contribution in [-0.4, -0.2) is 27.5 Å². The quantitative estimate of drug-likeness (QED) is 0.265. The van der Waals surface area contributed by atoms with Crippen molar-refractivity contribution in [3.8, 4) is 11.5 Å². The van der Waals surface area contributed by atoms with Gasteiger partial charge in [0, 0.05) is 5.69 Å². The molecule has 0 fully saturated rings. The van der Waals surface area contributed by atoms with Crippen LogP contribution in [0.3, 0.4) is 0 Å². The largest absolute Gasteiger partial charge is 0.494 e. The molecule has 0 heterocycles. The summed E-state index contributed by atoms with van der Waals surface area (Å²) >= 11 is 0. The van der Waals surface area contributed by atoms with Gasteiger partial charge in [0.05, 0.1) is 17.2 Å². The van der Waals surface area contributed by atoms with E-state index in [1.165, 1.54) is 12.1 Å². The van der Waals surface area contributed by atoms with Gasteiger partial charge in [-0.3, -0.25) is 9.10 Å². The summed E-state index contributed by atoms with van der Waals surface area (Å²) in [6.45, 7) is 4.26. The highest BCUT2D eigenvalue weighted by atomic mass is 32.2. The number of carbonyl (C=O) groups is 1. The van der Waals surface area contributed by atoms with Crippen LogP contribution in [0.5, 0.6) is 11.5 Å². The molecule has 1 N–H and O–H groups in total. The van der Waals surface area contributed by atoms with Crippen molar-refractivity contribution in [2.45, 2.75) is 25.3 Å². The minimum Gasteiger partial charge on any atom is -0.494 e. The molecule has 1 amide bonds. The average Bonchev–Trinajstić information content (AvgIpc) is 2.93. The third kappa shape index (κ3) is 6.92. The standard InChI is InChI=1S/C30H30N2O5S/c1-3-36-27-17-13-26(14-18-27)32(38(34,35)29-19-9-23(2)10-20-29)21-30(33)31-25-11-15-28(16-12-25)37-22-24-7-5-4-6-8-24/h4-20H,3,21-22H2,1-2H3,(H,31,33). The highest BCUT2D eigenvalue weighted by Gasteiger charge is 2.27. The second-order valence-corrected chi connectivity index (χ2v) is 10.5. The van der Waals surface area contributed by atoms with Gasteiger partial charge in [-0.2, -0.15) is 0 Å². The highest BCUT2D eigenvalue weighted by molar-refractivity contribution is 7.92. The van der Waals surface area contributed by atoms with Crippen molar-refractivity contribution in [1.82, 2.24) is 0 Å². The van der Waals surface area contributed by atoms with Gasteiger partial charge in [-0.25, -0.2) is 8.42 Å². The minimum atomic E-state index is -4.01. The van der Waals surface area contributed by atoms with Gasteiger partial charge in [-0.15, -0.1) is 0 Å². The first-order valence-electron chi connectivity index (χ1n) is 12.2. The number of nitrogens with zero attached hydrogens (tertiary/aromatic N) is 1. The van der Waals surface area contributed by atoms with Crippen molar-refractivity contribution in [3.63, 3.8) is 0 Å². The number of carbonyl (C=O) groups excluding carboxylic acids is 1. The maximum absolute atomic E-state index is 13.6. The number of hydrogen-bond acceptors (Lipinski definition) is 5.